The van der Waals surface area contributed by atoms with Gasteiger partial charge in [0.25, 0.3) is 0 Å². The van der Waals surface area contributed by atoms with Crippen molar-refractivity contribution in [3.63, 3.8) is 0 Å². The van der Waals surface area contributed by atoms with Gasteiger partial charge in [-0.15, -0.1) is 11.6 Å². The lowest BCUT2D eigenvalue weighted by atomic mass is 10.7. The van der Waals surface area contributed by atoms with Crippen LogP contribution in [0.1, 0.15) is 5.82 Å². The predicted octanol–water partition coefficient (Wildman–Crippen LogP) is 1.91. The number of aromatic amines is 1. The van der Waals surface area contributed by atoms with Gasteiger partial charge in [0.1, 0.15) is 10.4 Å². The highest BCUT2D eigenvalue weighted by Crippen LogP contribution is 2.05. The summed E-state index contributed by atoms with van der Waals surface area (Å²) in [5, 5.41) is 0. The summed E-state index contributed by atoms with van der Waals surface area (Å²) in [5.74, 6) is 1.23. The maximum absolute atomic E-state index is 5.43. The highest BCUT2D eigenvalue weighted by molar-refractivity contribution is 9.10. The first-order valence-electron chi connectivity index (χ1n) is 2.08. The van der Waals surface area contributed by atoms with Crippen molar-refractivity contribution < 1.29 is 0 Å². The Balaban J connectivity index is 2.84. The molecule has 0 amide bonds. The molecule has 0 atom stereocenters. The van der Waals surface area contributed by atoms with Gasteiger partial charge >= 0.3 is 0 Å². The van der Waals surface area contributed by atoms with Crippen molar-refractivity contribution >= 4 is 27.5 Å². The Bertz CT molecular complexity index is 174. The van der Waals surface area contributed by atoms with E-state index in [9.17, 15) is 0 Å². The van der Waals surface area contributed by atoms with Gasteiger partial charge in [-0.3, -0.25) is 0 Å². The van der Waals surface area contributed by atoms with Crippen LogP contribution in [0.5, 0.6) is 0 Å². The van der Waals surface area contributed by atoms with Crippen LogP contribution in [0.3, 0.4) is 0 Å². The Kier molecular flexibility index (Phi) is 1.91. The van der Waals surface area contributed by atoms with E-state index in [4.69, 9.17) is 11.6 Å². The number of hydrogen-bond acceptors (Lipinski definition) is 1. The zero-order valence-electron chi connectivity index (χ0n) is 3.99. The lowest BCUT2D eigenvalue weighted by Gasteiger charge is -1.79. The summed E-state index contributed by atoms with van der Waals surface area (Å²) in [6.07, 6.45) is 1.68. The van der Waals surface area contributed by atoms with Gasteiger partial charge in [-0.1, -0.05) is 0 Å². The van der Waals surface area contributed by atoms with Gasteiger partial charge in [-0.25, -0.2) is 4.98 Å². The molecule has 1 aromatic heterocycles. The molecule has 0 unspecified atom stereocenters. The number of nitrogens with one attached hydrogen (secondary N) is 1. The molecule has 0 aromatic carbocycles. The maximum Gasteiger partial charge on any atom is 0.121 e. The smallest absolute Gasteiger partial charge is 0.121 e. The molecule has 0 radical (unpaired) electrons. The Morgan fingerprint density at radius 1 is 1.88 bits per heavy atom. The lowest BCUT2D eigenvalue weighted by molar-refractivity contribution is 1.11. The van der Waals surface area contributed by atoms with Gasteiger partial charge in [0, 0.05) is 0 Å². The van der Waals surface area contributed by atoms with Crippen LogP contribution in [0, 0.1) is 0 Å². The van der Waals surface area contributed by atoms with E-state index < -0.39 is 0 Å². The molecular formula is C4H4BrClN2. The topological polar surface area (TPSA) is 28.7 Å². The molecule has 1 aromatic rings. The van der Waals surface area contributed by atoms with Crippen molar-refractivity contribution in [1.29, 1.82) is 0 Å². The molecule has 0 saturated heterocycles. The first kappa shape index (κ1) is 6.11. The molecule has 1 rings (SSSR count). The predicted molar refractivity (Wildman–Crippen MR) is 35.8 cm³/mol. The van der Waals surface area contributed by atoms with Crippen LogP contribution in [0.15, 0.2) is 10.8 Å². The number of H-pyrrole nitrogens is 1. The number of imidazole rings is 1. The molecule has 44 valence electrons. The van der Waals surface area contributed by atoms with Crippen LogP contribution < -0.4 is 0 Å². The van der Waals surface area contributed by atoms with E-state index in [-0.39, 0.29) is 0 Å². The molecule has 4 heteroatoms. The standard InChI is InChI=1S/C4H4BrClN2/c5-3-2-7-4(1-6)8-3/h2H,1H2,(H,7,8). The zero-order chi connectivity index (χ0) is 5.98. The van der Waals surface area contributed by atoms with Crippen LogP contribution in [-0.4, -0.2) is 9.97 Å². The molecule has 0 fully saturated rings. The number of nitrogens with zero attached hydrogens (tertiary/aromatic N) is 1. The first-order chi connectivity index (χ1) is 3.83. The van der Waals surface area contributed by atoms with E-state index >= 15 is 0 Å². The van der Waals surface area contributed by atoms with Crippen LogP contribution in [0.4, 0.5) is 0 Å². The minimum Gasteiger partial charge on any atom is -0.336 e. The SMILES string of the molecule is ClCc1ncc(Br)[nH]1. The fourth-order valence-corrected chi connectivity index (χ4v) is 0.872. The average Bonchev–Trinajstić information content (AvgIpc) is 2.14. The molecule has 1 N–H and O–H groups in total. The number of aromatic nitrogens is 2. The van der Waals surface area contributed by atoms with Crippen molar-refractivity contribution in [3.8, 4) is 0 Å². The van der Waals surface area contributed by atoms with Gasteiger partial charge in [0.2, 0.25) is 0 Å². The summed E-state index contributed by atoms with van der Waals surface area (Å²) in [5.41, 5.74) is 0. The Morgan fingerprint density at radius 2 is 2.62 bits per heavy atom. The summed E-state index contributed by atoms with van der Waals surface area (Å²) in [6, 6.07) is 0. The van der Waals surface area contributed by atoms with E-state index in [1.807, 2.05) is 0 Å². The Morgan fingerprint density at radius 3 is 2.88 bits per heavy atom. The lowest BCUT2D eigenvalue weighted by Crippen LogP contribution is -1.76. The van der Waals surface area contributed by atoms with Gasteiger partial charge in [0.15, 0.2) is 0 Å². The monoisotopic (exact) mass is 194 g/mol. The van der Waals surface area contributed by atoms with Crippen LogP contribution in [0.25, 0.3) is 0 Å². The van der Waals surface area contributed by atoms with E-state index in [2.05, 4.69) is 25.9 Å². The van der Waals surface area contributed by atoms with Crippen LogP contribution in [-0.2, 0) is 5.88 Å². The van der Waals surface area contributed by atoms with E-state index in [0.717, 1.165) is 10.4 Å². The van der Waals surface area contributed by atoms with Crippen molar-refractivity contribution in [3.05, 3.63) is 16.6 Å². The number of rotatable bonds is 1. The minimum absolute atomic E-state index is 0.436. The van der Waals surface area contributed by atoms with Crippen molar-refractivity contribution in [2.75, 3.05) is 0 Å². The third-order valence-electron chi connectivity index (χ3n) is 0.724. The number of alkyl halides is 1. The van der Waals surface area contributed by atoms with Gasteiger partial charge < -0.3 is 4.98 Å². The quantitative estimate of drug-likeness (QED) is 0.682. The molecule has 0 aliphatic carbocycles. The van der Waals surface area contributed by atoms with Gasteiger partial charge in [-0.2, -0.15) is 0 Å². The molecule has 0 aliphatic heterocycles. The van der Waals surface area contributed by atoms with E-state index in [1.54, 1.807) is 6.20 Å². The number of hydrogen-bond donors (Lipinski definition) is 1. The van der Waals surface area contributed by atoms with Crippen LogP contribution in [0.2, 0.25) is 0 Å². The van der Waals surface area contributed by atoms with Crippen LogP contribution >= 0.6 is 27.5 Å². The molecule has 1 heterocycles. The fraction of sp³-hybridized carbons (Fsp3) is 0.250. The minimum atomic E-state index is 0.436. The average molecular weight is 195 g/mol. The molecule has 2 nitrogen and oxygen atoms in total. The fourth-order valence-electron chi connectivity index (χ4n) is 0.405. The summed E-state index contributed by atoms with van der Waals surface area (Å²) in [6.45, 7) is 0. The Hall–Kier alpha value is -0.0200. The second kappa shape index (κ2) is 2.51. The third-order valence-corrected chi connectivity index (χ3v) is 1.38. The van der Waals surface area contributed by atoms with Gasteiger partial charge in [-0.05, 0) is 15.9 Å². The molecule has 8 heavy (non-hydrogen) atoms. The second-order valence-corrected chi connectivity index (χ2v) is 2.43. The van der Waals surface area contributed by atoms with Crippen molar-refractivity contribution in [2.24, 2.45) is 0 Å². The summed E-state index contributed by atoms with van der Waals surface area (Å²) in [4.78, 5) is 6.80. The highest BCUT2D eigenvalue weighted by Gasteiger charge is 1.92. The number of halogens is 2. The molecule has 0 spiro atoms. The Labute approximate surface area is 60.4 Å². The summed E-state index contributed by atoms with van der Waals surface area (Å²) in [7, 11) is 0. The van der Waals surface area contributed by atoms with Crippen molar-refractivity contribution in [1.82, 2.24) is 9.97 Å². The summed E-state index contributed by atoms with van der Waals surface area (Å²) >= 11 is 8.62. The highest BCUT2D eigenvalue weighted by atomic mass is 79.9. The normalized spacial score (nSPS) is 9.75. The first-order valence-corrected chi connectivity index (χ1v) is 3.41. The summed E-state index contributed by atoms with van der Waals surface area (Å²) < 4.78 is 0.869. The molecule has 0 saturated carbocycles. The van der Waals surface area contributed by atoms with Gasteiger partial charge in [0.05, 0.1) is 12.1 Å². The molecular weight excluding hydrogens is 191 g/mol. The second-order valence-electron chi connectivity index (χ2n) is 1.31. The van der Waals surface area contributed by atoms with Crippen molar-refractivity contribution in [2.45, 2.75) is 5.88 Å². The molecule has 0 bridgehead atoms. The third kappa shape index (κ3) is 1.23. The zero-order valence-corrected chi connectivity index (χ0v) is 6.33. The molecule has 0 aliphatic rings. The van der Waals surface area contributed by atoms with E-state index in [0.29, 0.717) is 5.88 Å². The maximum atomic E-state index is 5.43. The largest absolute Gasteiger partial charge is 0.336 e. The van der Waals surface area contributed by atoms with E-state index in [1.165, 1.54) is 0 Å².